The van der Waals surface area contributed by atoms with Crippen LogP contribution >= 0.6 is 0 Å². The fourth-order valence-electron chi connectivity index (χ4n) is 3.05. The second kappa shape index (κ2) is 11.0. The first-order valence-electron chi connectivity index (χ1n) is 9.66. The van der Waals surface area contributed by atoms with Crippen LogP contribution in [0.5, 0.6) is 5.75 Å². The van der Waals surface area contributed by atoms with Crippen molar-refractivity contribution >= 4 is 16.6 Å². The first kappa shape index (κ1) is 22.9. The molecule has 3 aromatic rings. The summed E-state index contributed by atoms with van der Waals surface area (Å²) in [7, 11) is 7.43. The second-order valence-corrected chi connectivity index (χ2v) is 6.93. The van der Waals surface area contributed by atoms with Crippen LogP contribution in [0.3, 0.4) is 0 Å². The van der Waals surface area contributed by atoms with E-state index in [-0.39, 0.29) is 11.6 Å². The Morgan fingerprint density at radius 2 is 1.70 bits per heavy atom. The van der Waals surface area contributed by atoms with E-state index in [0.717, 1.165) is 11.1 Å². The van der Waals surface area contributed by atoms with E-state index in [1.165, 1.54) is 10.2 Å². The van der Waals surface area contributed by atoms with E-state index in [9.17, 15) is 4.79 Å². The molecule has 0 bridgehead atoms. The number of fused-ring (bicyclic) bond motifs is 1. The third kappa shape index (κ3) is 5.58. The van der Waals surface area contributed by atoms with E-state index in [0.29, 0.717) is 17.7 Å². The van der Waals surface area contributed by atoms with Gasteiger partial charge in [0.1, 0.15) is 5.75 Å². The molecule has 6 heteroatoms. The lowest BCUT2D eigenvalue weighted by atomic mass is 10.1. The van der Waals surface area contributed by atoms with Crippen LogP contribution in [0.2, 0.25) is 0 Å². The summed E-state index contributed by atoms with van der Waals surface area (Å²) in [6, 6.07) is 15.8. The maximum Gasteiger partial charge on any atom is 0.274 e. The van der Waals surface area contributed by atoms with Gasteiger partial charge < -0.3 is 15.0 Å². The Labute approximate surface area is 178 Å². The van der Waals surface area contributed by atoms with Crippen molar-refractivity contribution in [3.05, 3.63) is 89.8 Å². The lowest BCUT2D eigenvalue weighted by molar-refractivity contribution is 0.311. The number of anilines is 1. The number of nitrogens with zero attached hydrogens (tertiary/aromatic N) is 3. The van der Waals surface area contributed by atoms with Gasteiger partial charge in [-0.3, -0.25) is 4.79 Å². The zero-order valence-corrected chi connectivity index (χ0v) is 18.1. The quantitative estimate of drug-likeness (QED) is 0.601. The predicted octanol–water partition coefficient (Wildman–Crippen LogP) is 4.02. The highest BCUT2D eigenvalue weighted by Gasteiger charge is 2.16. The molecule has 3 rings (SSSR count). The van der Waals surface area contributed by atoms with E-state index in [1.807, 2.05) is 50.5 Å². The molecular formula is C24H30N4O2. The summed E-state index contributed by atoms with van der Waals surface area (Å²) in [5.41, 5.74) is 1.09. The first-order valence-corrected chi connectivity index (χ1v) is 9.66. The summed E-state index contributed by atoms with van der Waals surface area (Å²) in [6.07, 6.45) is 3.28. The van der Waals surface area contributed by atoms with Crippen molar-refractivity contribution in [1.82, 2.24) is 14.7 Å². The molecule has 0 aliphatic heterocycles. The molecule has 0 radical (unpaired) electrons. The molecule has 1 atom stereocenters. The van der Waals surface area contributed by atoms with Crippen molar-refractivity contribution in [3.8, 4) is 5.75 Å². The minimum Gasteiger partial charge on any atom is -0.497 e. The van der Waals surface area contributed by atoms with Gasteiger partial charge in [-0.2, -0.15) is 5.10 Å². The first-order chi connectivity index (χ1) is 14.4. The lowest BCUT2D eigenvalue weighted by Gasteiger charge is -2.25. The van der Waals surface area contributed by atoms with Crippen molar-refractivity contribution in [2.45, 2.75) is 6.04 Å². The zero-order valence-electron chi connectivity index (χ0n) is 18.1. The number of hydrogen-bond donors (Lipinski definition) is 1. The average molecular weight is 407 g/mol. The van der Waals surface area contributed by atoms with Gasteiger partial charge in [0.25, 0.3) is 5.56 Å². The molecule has 1 unspecified atom stereocenters. The van der Waals surface area contributed by atoms with Crippen molar-refractivity contribution < 1.29 is 4.74 Å². The zero-order chi connectivity index (χ0) is 22.1. The van der Waals surface area contributed by atoms with Gasteiger partial charge in [-0.05, 0) is 37.9 Å². The standard InChI is InChI=1S/C20H24N4O2.C4H6/c1-23(2)18(14-9-11-15(26-4)12-10-14)13-21-19-16-7-5-6-8-17(16)20(25)24(3)22-19;1-3-4-2/h5-12,18H,13H2,1-4H3,(H,21,22);3-4H,1-2H2. The van der Waals surface area contributed by atoms with Crippen LogP contribution in [-0.2, 0) is 7.05 Å². The molecule has 158 valence electrons. The third-order valence-corrected chi connectivity index (χ3v) is 4.71. The molecule has 0 fully saturated rings. The summed E-state index contributed by atoms with van der Waals surface area (Å²) in [4.78, 5) is 14.4. The number of nitrogens with one attached hydrogen (secondary N) is 1. The number of ether oxygens (including phenoxy) is 1. The molecule has 2 aromatic carbocycles. The van der Waals surface area contributed by atoms with Crippen molar-refractivity contribution in [1.29, 1.82) is 0 Å². The Balaban J connectivity index is 0.000000735. The Morgan fingerprint density at radius 3 is 2.23 bits per heavy atom. The molecule has 1 aromatic heterocycles. The Bertz CT molecular complexity index is 1030. The fourth-order valence-corrected chi connectivity index (χ4v) is 3.05. The van der Waals surface area contributed by atoms with E-state index >= 15 is 0 Å². The normalized spacial score (nSPS) is 11.4. The van der Waals surface area contributed by atoms with Gasteiger partial charge in [-0.1, -0.05) is 55.6 Å². The van der Waals surface area contributed by atoms with Gasteiger partial charge in [-0.25, -0.2) is 4.68 Å². The van der Waals surface area contributed by atoms with Crippen LogP contribution in [-0.4, -0.2) is 42.4 Å². The summed E-state index contributed by atoms with van der Waals surface area (Å²) < 4.78 is 6.62. The minimum atomic E-state index is -0.0922. The fraction of sp³-hybridized carbons (Fsp3) is 0.250. The van der Waals surface area contributed by atoms with Gasteiger partial charge in [0.05, 0.1) is 18.5 Å². The SMILES string of the molecule is C=CC=C.COc1ccc(C(CNc2nn(C)c(=O)c3ccccc23)N(C)C)cc1. The molecule has 0 aliphatic rings. The topological polar surface area (TPSA) is 59.4 Å². The molecular weight excluding hydrogens is 376 g/mol. The summed E-state index contributed by atoms with van der Waals surface area (Å²) in [5, 5.41) is 9.33. The number of allylic oxidation sites excluding steroid dienone is 2. The van der Waals surface area contributed by atoms with Gasteiger partial charge in [0.2, 0.25) is 0 Å². The number of benzene rings is 2. The van der Waals surface area contributed by atoms with Crippen LogP contribution in [0.4, 0.5) is 5.82 Å². The molecule has 0 amide bonds. The maximum atomic E-state index is 12.3. The van der Waals surface area contributed by atoms with E-state index in [1.54, 1.807) is 26.3 Å². The highest BCUT2D eigenvalue weighted by Crippen LogP contribution is 2.23. The monoisotopic (exact) mass is 406 g/mol. The van der Waals surface area contributed by atoms with Crippen LogP contribution < -0.4 is 15.6 Å². The van der Waals surface area contributed by atoms with E-state index < -0.39 is 0 Å². The highest BCUT2D eigenvalue weighted by atomic mass is 16.5. The van der Waals surface area contributed by atoms with E-state index in [2.05, 4.69) is 40.6 Å². The van der Waals surface area contributed by atoms with Crippen molar-refractivity contribution in [2.75, 3.05) is 33.1 Å². The molecule has 6 nitrogen and oxygen atoms in total. The van der Waals surface area contributed by atoms with Gasteiger partial charge in [0, 0.05) is 19.0 Å². The number of hydrogen-bond acceptors (Lipinski definition) is 5. The average Bonchev–Trinajstić information content (AvgIpc) is 2.77. The molecule has 1 N–H and O–H groups in total. The highest BCUT2D eigenvalue weighted by molar-refractivity contribution is 5.90. The van der Waals surface area contributed by atoms with Gasteiger partial charge in [-0.15, -0.1) is 0 Å². The molecule has 0 spiro atoms. The lowest BCUT2D eigenvalue weighted by Crippen LogP contribution is -2.28. The van der Waals surface area contributed by atoms with Crippen molar-refractivity contribution in [3.63, 3.8) is 0 Å². The molecule has 0 saturated carbocycles. The molecule has 30 heavy (non-hydrogen) atoms. The Kier molecular flexibility index (Phi) is 8.38. The Hall–Kier alpha value is -3.38. The molecule has 1 heterocycles. The third-order valence-electron chi connectivity index (χ3n) is 4.71. The van der Waals surface area contributed by atoms with E-state index in [4.69, 9.17) is 4.74 Å². The second-order valence-electron chi connectivity index (χ2n) is 6.93. The Morgan fingerprint density at radius 1 is 1.10 bits per heavy atom. The largest absolute Gasteiger partial charge is 0.497 e. The van der Waals surface area contributed by atoms with Crippen LogP contribution in [0.15, 0.2) is 78.6 Å². The summed E-state index contributed by atoms with van der Waals surface area (Å²) in [5.74, 6) is 1.55. The van der Waals surface area contributed by atoms with Crippen LogP contribution in [0, 0.1) is 0 Å². The van der Waals surface area contributed by atoms with Crippen LogP contribution in [0.25, 0.3) is 10.8 Å². The minimum absolute atomic E-state index is 0.0922. The number of methoxy groups -OCH3 is 1. The van der Waals surface area contributed by atoms with Crippen LogP contribution in [0.1, 0.15) is 11.6 Å². The number of aryl methyl sites for hydroxylation is 1. The molecule has 0 aliphatic carbocycles. The van der Waals surface area contributed by atoms with Gasteiger partial charge >= 0.3 is 0 Å². The smallest absolute Gasteiger partial charge is 0.274 e. The maximum absolute atomic E-state index is 12.3. The summed E-state index contributed by atoms with van der Waals surface area (Å²) in [6.45, 7) is 7.38. The number of likely N-dealkylation sites (N-methyl/N-ethyl adjacent to an activating group) is 1. The molecule has 0 saturated heterocycles. The van der Waals surface area contributed by atoms with Gasteiger partial charge in [0.15, 0.2) is 5.82 Å². The predicted molar refractivity (Wildman–Crippen MR) is 125 cm³/mol. The summed E-state index contributed by atoms with van der Waals surface area (Å²) >= 11 is 0. The number of aromatic nitrogens is 2. The number of rotatable bonds is 7. The van der Waals surface area contributed by atoms with Crippen molar-refractivity contribution in [2.24, 2.45) is 7.05 Å².